The smallest absolute Gasteiger partial charge is 0.325 e. The number of amides is 1. The highest BCUT2D eigenvalue weighted by Crippen LogP contribution is 2.65. The summed E-state index contributed by atoms with van der Waals surface area (Å²) in [5, 5.41) is 26.0. The number of carboxylic acids is 1. The summed E-state index contributed by atoms with van der Waals surface area (Å²) in [6.07, 6.45) is 10.6. The van der Waals surface area contributed by atoms with Crippen molar-refractivity contribution >= 4 is 17.6 Å². The minimum Gasteiger partial charge on any atom is -0.480 e. The van der Waals surface area contributed by atoms with Gasteiger partial charge in [0.15, 0.2) is 6.61 Å². The number of allylic oxidation sites excluding steroid dienone is 2. The molecule has 0 aliphatic heterocycles. The third kappa shape index (κ3) is 3.90. The molecule has 3 saturated carbocycles. The average Bonchev–Trinajstić information content (AvgIpc) is 3.02. The van der Waals surface area contributed by atoms with E-state index < -0.39 is 17.9 Å². The SMILES string of the molecule is CC(NC(=O)CON=C1C=C2CC[C@H]3[C@@H]4CC[C@@H](O)[C@@]4(C)CC[C@@H]3[C@@]2(C)CC1)C(=O)O. The molecule has 31 heavy (non-hydrogen) atoms. The minimum absolute atomic E-state index is 0.104. The number of aliphatic carboxylic acids is 1. The molecule has 0 aromatic rings. The standard InChI is InChI=1S/C24H36N2O5/c1-14(22(29)30)25-21(28)13-31-26-16-8-10-23(2)15(12-16)4-5-17-18-6-7-20(27)24(18,3)11-9-19(17)23/h12,14,17-20,27H,4-11,13H2,1-3H3,(H,25,28)(H,29,30)/t14?,17-,18-,19-,20+,23-,24-/m0/s1. The fourth-order valence-corrected chi connectivity index (χ4v) is 7.13. The van der Waals surface area contributed by atoms with Crippen LogP contribution in [0, 0.1) is 28.6 Å². The minimum atomic E-state index is -1.08. The molecule has 3 N–H and O–H groups in total. The van der Waals surface area contributed by atoms with E-state index in [4.69, 9.17) is 9.94 Å². The summed E-state index contributed by atoms with van der Waals surface area (Å²) in [6.45, 7) is 5.86. The van der Waals surface area contributed by atoms with Crippen LogP contribution in [0.4, 0.5) is 0 Å². The summed E-state index contributed by atoms with van der Waals surface area (Å²) in [5.41, 5.74) is 2.60. The van der Waals surface area contributed by atoms with Crippen molar-refractivity contribution in [3.05, 3.63) is 11.6 Å². The predicted molar refractivity (Wildman–Crippen MR) is 116 cm³/mol. The molecule has 0 aromatic carbocycles. The summed E-state index contributed by atoms with van der Waals surface area (Å²) in [4.78, 5) is 27.8. The first-order chi connectivity index (χ1) is 14.6. The number of nitrogens with one attached hydrogen (secondary N) is 1. The van der Waals surface area contributed by atoms with Gasteiger partial charge in [0.1, 0.15) is 6.04 Å². The lowest BCUT2D eigenvalue weighted by molar-refractivity contribution is -0.142. The lowest BCUT2D eigenvalue weighted by atomic mass is 9.47. The third-order valence-corrected chi connectivity index (χ3v) is 9.05. The monoisotopic (exact) mass is 432 g/mol. The number of carbonyl (C=O) groups is 2. The van der Waals surface area contributed by atoms with Crippen LogP contribution in [-0.2, 0) is 14.4 Å². The Hall–Kier alpha value is -1.89. The van der Waals surface area contributed by atoms with Crippen LogP contribution in [0.15, 0.2) is 16.8 Å². The summed E-state index contributed by atoms with van der Waals surface area (Å²) < 4.78 is 0. The molecule has 0 radical (unpaired) electrons. The van der Waals surface area contributed by atoms with E-state index in [1.54, 1.807) is 0 Å². The number of carbonyl (C=O) groups excluding carboxylic acids is 1. The number of carboxylic acid groups (broad SMARTS) is 1. The summed E-state index contributed by atoms with van der Waals surface area (Å²) >= 11 is 0. The van der Waals surface area contributed by atoms with Crippen LogP contribution in [0.2, 0.25) is 0 Å². The van der Waals surface area contributed by atoms with E-state index in [0.717, 1.165) is 44.2 Å². The molecule has 0 saturated heterocycles. The average molecular weight is 433 g/mol. The second kappa shape index (κ2) is 8.23. The van der Waals surface area contributed by atoms with Gasteiger partial charge in [0.05, 0.1) is 11.8 Å². The van der Waals surface area contributed by atoms with E-state index in [0.29, 0.717) is 17.8 Å². The first kappa shape index (κ1) is 22.3. The molecule has 7 heteroatoms. The summed E-state index contributed by atoms with van der Waals surface area (Å²) in [6, 6.07) is -0.949. The molecule has 1 unspecified atom stereocenters. The summed E-state index contributed by atoms with van der Waals surface area (Å²) in [7, 11) is 0. The number of fused-ring (bicyclic) bond motifs is 5. The Morgan fingerprint density at radius 3 is 2.71 bits per heavy atom. The Labute approximate surface area is 184 Å². The van der Waals surface area contributed by atoms with Gasteiger partial charge in [-0.2, -0.15) is 0 Å². The van der Waals surface area contributed by atoms with E-state index in [1.165, 1.54) is 25.3 Å². The maximum absolute atomic E-state index is 11.8. The van der Waals surface area contributed by atoms with Crippen molar-refractivity contribution in [2.45, 2.75) is 84.3 Å². The number of nitrogens with zero attached hydrogens (tertiary/aromatic N) is 1. The predicted octanol–water partition coefficient (Wildman–Crippen LogP) is 3.27. The van der Waals surface area contributed by atoms with Gasteiger partial charge >= 0.3 is 5.97 Å². The van der Waals surface area contributed by atoms with Crippen molar-refractivity contribution in [2.75, 3.05) is 6.61 Å². The first-order valence-corrected chi connectivity index (χ1v) is 11.8. The van der Waals surface area contributed by atoms with Gasteiger partial charge in [-0.1, -0.05) is 24.6 Å². The highest BCUT2D eigenvalue weighted by Gasteiger charge is 2.58. The van der Waals surface area contributed by atoms with Crippen molar-refractivity contribution in [1.82, 2.24) is 5.32 Å². The van der Waals surface area contributed by atoms with Crippen molar-refractivity contribution < 1.29 is 24.6 Å². The zero-order valence-electron chi connectivity index (χ0n) is 18.9. The van der Waals surface area contributed by atoms with Crippen molar-refractivity contribution in [1.29, 1.82) is 0 Å². The Balaban J connectivity index is 1.41. The van der Waals surface area contributed by atoms with Gasteiger partial charge in [-0.25, -0.2) is 0 Å². The number of aliphatic hydroxyl groups excluding tert-OH is 1. The van der Waals surface area contributed by atoms with Gasteiger partial charge in [-0.15, -0.1) is 0 Å². The van der Waals surface area contributed by atoms with Crippen molar-refractivity contribution in [2.24, 2.45) is 33.7 Å². The highest BCUT2D eigenvalue weighted by atomic mass is 16.6. The van der Waals surface area contributed by atoms with Gasteiger partial charge in [-0.05, 0) is 93.0 Å². The zero-order valence-corrected chi connectivity index (χ0v) is 18.9. The molecule has 4 aliphatic rings. The largest absolute Gasteiger partial charge is 0.480 e. The van der Waals surface area contributed by atoms with Crippen LogP contribution >= 0.6 is 0 Å². The van der Waals surface area contributed by atoms with Gasteiger partial charge in [0.25, 0.3) is 5.91 Å². The van der Waals surface area contributed by atoms with Crippen LogP contribution in [0.1, 0.15) is 72.1 Å². The number of aliphatic hydroxyl groups is 1. The molecule has 1 amide bonds. The fraction of sp³-hybridized carbons (Fsp3) is 0.792. The van der Waals surface area contributed by atoms with Gasteiger partial charge in [-0.3, -0.25) is 9.59 Å². The van der Waals surface area contributed by atoms with E-state index in [2.05, 4.69) is 30.4 Å². The van der Waals surface area contributed by atoms with E-state index in [1.807, 2.05) is 0 Å². The molecule has 3 fully saturated rings. The summed E-state index contributed by atoms with van der Waals surface area (Å²) in [5.74, 6) is 0.442. The lowest BCUT2D eigenvalue weighted by Gasteiger charge is -2.57. The van der Waals surface area contributed by atoms with Crippen LogP contribution in [0.3, 0.4) is 0 Å². The number of rotatable bonds is 5. The highest BCUT2D eigenvalue weighted by molar-refractivity contribution is 5.96. The molecule has 0 heterocycles. The topological polar surface area (TPSA) is 108 Å². The quantitative estimate of drug-likeness (QED) is 0.578. The van der Waals surface area contributed by atoms with Gasteiger partial charge in [0, 0.05) is 0 Å². The third-order valence-electron chi connectivity index (χ3n) is 9.05. The van der Waals surface area contributed by atoms with Crippen molar-refractivity contribution in [3.63, 3.8) is 0 Å². The second-order valence-corrected chi connectivity index (χ2v) is 10.6. The van der Waals surface area contributed by atoms with Crippen LogP contribution < -0.4 is 5.32 Å². The lowest BCUT2D eigenvalue weighted by Crippen LogP contribution is -2.51. The van der Waals surface area contributed by atoms with Gasteiger partial charge < -0.3 is 20.4 Å². The van der Waals surface area contributed by atoms with Crippen molar-refractivity contribution in [3.8, 4) is 0 Å². The van der Waals surface area contributed by atoms with Crippen LogP contribution in [0.5, 0.6) is 0 Å². The number of oxime groups is 1. The fourth-order valence-electron chi connectivity index (χ4n) is 7.13. The van der Waals surface area contributed by atoms with Crippen LogP contribution in [-0.4, -0.2) is 46.6 Å². The molecule has 4 rings (SSSR count). The molecule has 0 bridgehead atoms. The first-order valence-electron chi connectivity index (χ1n) is 11.8. The Morgan fingerprint density at radius 2 is 1.97 bits per heavy atom. The molecular weight excluding hydrogens is 396 g/mol. The maximum Gasteiger partial charge on any atom is 0.325 e. The molecule has 0 aromatic heterocycles. The molecule has 172 valence electrons. The Kier molecular flexibility index (Phi) is 5.92. The maximum atomic E-state index is 11.8. The second-order valence-electron chi connectivity index (χ2n) is 10.6. The van der Waals surface area contributed by atoms with E-state index >= 15 is 0 Å². The molecular formula is C24H36N2O5. The van der Waals surface area contributed by atoms with E-state index in [9.17, 15) is 14.7 Å². The molecule has 7 atom stereocenters. The molecule has 0 spiro atoms. The normalized spacial score (nSPS) is 41.4. The Bertz CT molecular complexity index is 808. The molecule has 4 aliphatic carbocycles. The van der Waals surface area contributed by atoms with Gasteiger partial charge in [0.2, 0.25) is 0 Å². The van der Waals surface area contributed by atoms with E-state index in [-0.39, 0.29) is 23.5 Å². The zero-order chi connectivity index (χ0) is 22.4. The number of hydrogen-bond donors (Lipinski definition) is 3. The number of hydrogen-bond acceptors (Lipinski definition) is 5. The molecule has 7 nitrogen and oxygen atoms in total. The Morgan fingerprint density at radius 1 is 1.19 bits per heavy atom. The van der Waals surface area contributed by atoms with Crippen LogP contribution in [0.25, 0.3) is 0 Å².